The maximum absolute atomic E-state index is 9.44. The topological polar surface area (TPSA) is 66.2 Å². The molecule has 0 radical (unpaired) electrons. The van der Waals surface area contributed by atoms with Crippen molar-refractivity contribution in [3.63, 3.8) is 0 Å². The Morgan fingerprint density at radius 3 is 2.17 bits per heavy atom. The number of rotatable bonds is 1. The fraction of sp³-hybridized carbons (Fsp3) is 1.00. The molecule has 6 heavy (non-hydrogen) atoms. The molecule has 0 aliphatic heterocycles. The fourth-order valence-corrected chi connectivity index (χ4v) is 0. The third kappa shape index (κ3) is 2.59. The molecule has 0 amide bonds. The monoisotopic (exact) mass is 128 g/mol. The number of alkyl halides is 1. The van der Waals surface area contributed by atoms with Gasteiger partial charge in [0.2, 0.25) is 0 Å². The van der Waals surface area contributed by atoms with Crippen LogP contribution in [0.15, 0.2) is 0 Å². The van der Waals surface area contributed by atoms with Gasteiger partial charge in [0.25, 0.3) is 0 Å². The number of hydrogen-bond donors (Lipinski definition) is 1. The van der Waals surface area contributed by atoms with E-state index in [9.17, 15) is 8.76 Å². The molecule has 0 bridgehead atoms. The highest BCUT2D eigenvalue weighted by Crippen LogP contribution is 1.86. The van der Waals surface area contributed by atoms with Crippen LogP contribution in [0.5, 0.6) is 0 Å². The van der Waals surface area contributed by atoms with Gasteiger partial charge in [0, 0.05) is 0 Å². The molecule has 0 aliphatic carbocycles. The van der Waals surface area contributed by atoms with Crippen molar-refractivity contribution in [3.05, 3.63) is 0 Å². The summed E-state index contributed by atoms with van der Waals surface area (Å²) in [5.74, 6) is 0. The summed E-state index contributed by atoms with van der Waals surface area (Å²) < 4.78 is 18.9. The van der Waals surface area contributed by atoms with E-state index in [0.29, 0.717) is 0 Å². The Kier molecular flexibility index (Phi) is 2.67. The largest absolute Gasteiger partial charge is 0.770 e. The lowest BCUT2D eigenvalue weighted by molar-refractivity contribution is 0.534. The molecule has 0 spiro atoms. The molecule has 0 saturated carbocycles. The summed E-state index contributed by atoms with van der Waals surface area (Å²) >= 11 is 2.45. The average molecular weight is 129 g/mol. The summed E-state index contributed by atoms with van der Waals surface area (Å²) in [4.78, 5) is -1.26. The molecular formula is CH3ClNO2S-. The third-order valence-electron chi connectivity index (χ3n) is 0.184. The summed E-state index contributed by atoms with van der Waals surface area (Å²) in [6.07, 6.45) is 0. The first-order valence-corrected chi connectivity index (χ1v) is 2.70. The lowest BCUT2D eigenvalue weighted by atomic mass is 11.5. The summed E-state index contributed by atoms with van der Waals surface area (Å²) in [6, 6.07) is 0. The predicted molar refractivity (Wildman–Crippen MR) is 22.7 cm³/mol. The van der Waals surface area contributed by atoms with Crippen LogP contribution in [-0.4, -0.2) is 13.6 Å². The normalized spacial score (nSPS) is 19.8. The minimum atomic E-state index is -2.32. The summed E-state index contributed by atoms with van der Waals surface area (Å²) in [5, 5.41) is 0. The van der Waals surface area contributed by atoms with Crippen molar-refractivity contribution in [2.45, 2.75) is 4.83 Å². The van der Waals surface area contributed by atoms with Crippen molar-refractivity contribution in [2.75, 3.05) is 0 Å². The minimum absolute atomic E-state index is 1.26. The highest BCUT2D eigenvalue weighted by Gasteiger charge is 1.88. The first kappa shape index (κ1) is 6.36. The van der Waals surface area contributed by atoms with E-state index in [1.54, 1.807) is 0 Å². The zero-order valence-corrected chi connectivity index (χ0v) is 4.33. The van der Waals surface area contributed by atoms with E-state index in [4.69, 9.17) is 11.6 Å². The molecule has 0 saturated heterocycles. The SMILES string of the molecule is NC(Cl)S(=O)[O-]. The van der Waals surface area contributed by atoms with Gasteiger partial charge in [-0.15, -0.1) is 0 Å². The highest BCUT2D eigenvalue weighted by molar-refractivity contribution is 7.81. The Morgan fingerprint density at radius 1 is 2.00 bits per heavy atom. The van der Waals surface area contributed by atoms with E-state index >= 15 is 0 Å². The zero-order chi connectivity index (χ0) is 5.15. The van der Waals surface area contributed by atoms with Crippen molar-refractivity contribution >= 4 is 22.7 Å². The second-order valence-electron chi connectivity index (χ2n) is 0.612. The van der Waals surface area contributed by atoms with Crippen LogP contribution in [0, 0.1) is 0 Å². The van der Waals surface area contributed by atoms with E-state index in [0.717, 1.165) is 0 Å². The number of nitrogens with two attached hydrogens (primary N) is 1. The van der Waals surface area contributed by atoms with E-state index in [-0.39, 0.29) is 0 Å². The predicted octanol–water partition coefficient (Wildman–Crippen LogP) is -0.653. The molecule has 2 atom stereocenters. The molecule has 0 aromatic rings. The van der Waals surface area contributed by atoms with Crippen LogP contribution >= 0.6 is 11.6 Å². The summed E-state index contributed by atoms with van der Waals surface area (Å²) in [5.41, 5.74) is 4.59. The maximum atomic E-state index is 9.44. The summed E-state index contributed by atoms with van der Waals surface area (Å²) in [7, 11) is 0. The zero-order valence-electron chi connectivity index (χ0n) is 2.76. The second kappa shape index (κ2) is 2.52. The van der Waals surface area contributed by atoms with Crippen LogP contribution in [0.2, 0.25) is 0 Å². The lowest BCUT2D eigenvalue weighted by Crippen LogP contribution is -2.17. The molecule has 0 heterocycles. The first-order chi connectivity index (χ1) is 2.64. The Balaban J connectivity index is 3.26. The van der Waals surface area contributed by atoms with Crippen molar-refractivity contribution in [3.8, 4) is 0 Å². The van der Waals surface area contributed by atoms with Crippen LogP contribution in [0.25, 0.3) is 0 Å². The molecule has 0 fully saturated rings. The summed E-state index contributed by atoms with van der Waals surface area (Å²) in [6.45, 7) is 0. The maximum Gasteiger partial charge on any atom is 0.143 e. The van der Waals surface area contributed by atoms with E-state index in [1.807, 2.05) is 0 Å². The minimum Gasteiger partial charge on any atom is -0.770 e. The number of hydrogen-bond acceptors (Lipinski definition) is 3. The van der Waals surface area contributed by atoms with Crippen molar-refractivity contribution < 1.29 is 8.76 Å². The molecular weight excluding hydrogens is 126 g/mol. The quantitative estimate of drug-likeness (QED) is 0.290. The van der Waals surface area contributed by atoms with Gasteiger partial charge in [0.15, 0.2) is 0 Å². The van der Waals surface area contributed by atoms with Gasteiger partial charge in [-0.2, -0.15) is 0 Å². The molecule has 38 valence electrons. The molecule has 0 aliphatic rings. The van der Waals surface area contributed by atoms with Gasteiger partial charge in [-0.3, -0.25) is 4.21 Å². The smallest absolute Gasteiger partial charge is 0.143 e. The molecule has 0 aromatic carbocycles. The van der Waals surface area contributed by atoms with Crippen LogP contribution in [-0.2, 0) is 11.1 Å². The first-order valence-electron chi connectivity index (χ1n) is 1.12. The molecule has 0 aromatic heterocycles. The Hall–Kier alpha value is 0.360. The van der Waals surface area contributed by atoms with E-state index in [1.165, 1.54) is 0 Å². The Morgan fingerprint density at radius 2 is 2.17 bits per heavy atom. The van der Waals surface area contributed by atoms with Crippen LogP contribution in [0.4, 0.5) is 0 Å². The molecule has 2 N–H and O–H groups in total. The Bertz CT molecular complexity index is 64.6. The van der Waals surface area contributed by atoms with Crippen LogP contribution in [0.1, 0.15) is 0 Å². The fourth-order valence-electron chi connectivity index (χ4n) is 0. The Labute approximate surface area is 42.8 Å². The van der Waals surface area contributed by atoms with E-state index < -0.39 is 15.9 Å². The standard InChI is InChI=1S/CH4ClNO2S/c2-1(3)6(4)5/h1H,3H2,(H,4,5)/p-1. The van der Waals surface area contributed by atoms with Crippen molar-refractivity contribution in [1.29, 1.82) is 0 Å². The molecule has 5 heteroatoms. The van der Waals surface area contributed by atoms with Gasteiger partial charge in [-0.05, 0) is 11.1 Å². The van der Waals surface area contributed by atoms with Gasteiger partial charge in [0.1, 0.15) is 4.83 Å². The third-order valence-corrected chi connectivity index (χ3v) is 0.988. The number of halogens is 1. The van der Waals surface area contributed by atoms with Crippen LogP contribution < -0.4 is 5.73 Å². The lowest BCUT2D eigenvalue weighted by Gasteiger charge is -2.03. The van der Waals surface area contributed by atoms with Gasteiger partial charge < -0.3 is 10.3 Å². The highest BCUT2D eigenvalue weighted by atomic mass is 35.5. The second-order valence-corrected chi connectivity index (χ2v) is 2.37. The van der Waals surface area contributed by atoms with Gasteiger partial charge in [0.05, 0.1) is 0 Å². The van der Waals surface area contributed by atoms with Crippen LogP contribution in [0.3, 0.4) is 0 Å². The van der Waals surface area contributed by atoms with Gasteiger partial charge in [-0.25, -0.2) is 0 Å². The molecule has 0 rings (SSSR count). The molecule has 2 unspecified atom stereocenters. The van der Waals surface area contributed by atoms with Gasteiger partial charge >= 0.3 is 0 Å². The van der Waals surface area contributed by atoms with E-state index in [2.05, 4.69) is 5.73 Å². The molecule has 3 nitrogen and oxygen atoms in total. The average Bonchev–Trinajstić information content (AvgIpc) is 1.36. The van der Waals surface area contributed by atoms with Crippen molar-refractivity contribution in [2.24, 2.45) is 5.73 Å². The van der Waals surface area contributed by atoms with Crippen molar-refractivity contribution in [1.82, 2.24) is 0 Å². The van der Waals surface area contributed by atoms with Gasteiger partial charge in [-0.1, -0.05) is 11.6 Å².